The standard InChI is InChI=1S/C16H25N3/c1-11-4-15(19(18-11)3-2-17)16-8-12-5-13(9-16)7-14(6-12)10-16/h4,12-14H,2-3,5-10,17H2,1H3. The summed E-state index contributed by atoms with van der Waals surface area (Å²) in [5.41, 5.74) is 8.89. The number of aromatic nitrogens is 2. The van der Waals surface area contributed by atoms with Crippen molar-refractivity contribution in [3.63, 3.8) is 0 Å². The molecule has 4 aliphatic carbocycles. The lowest BCUT2D eigenvalue weighted by atomic mass is 9.49. The molecule has 2 N–H and O–H groups in total. The average molecular weight is 259 g/mol. The van der Waals surface area contributed by atoms with Crippen LogP contribution in [-0.2, 0) is 12.0 Å². The molecular formula is C16H25N3. The fourth-order valence-electron chi connectivity index (χ4n) is 5.69. The molecule has 1 aromatic rings. The Hall–Kier alpha value is -0.830. The van der Waals surface area contributed by atoms with Crippen LogP contribution >= 0.6 is 0 Å². The third kappa shape index (κ3) is 1.78. The van der Waals surface area contributed by atoms with E-state index in [1.54, 1.807) is 0 Å². The van der Waals surface area contributed by atoms with Gasteiger partial charge in [-0.3, -0.25) is 4.68 Å². The van der Waals surface area contributed by atoms with Gasteiger partial charge in [0, 0.05) is 17.7 Å². The molecule has 4 bridgehead atoms. The van der Waals surface area contributed by atoms with Gasteiger partial charge in [0.05, 0.1) is 12.2 Å². The maximum atomic E-state index is 5.77. The van der Waals surface area contributed by atoms with Crippen LogP contribution in [0.2, 0.25) is 0 Å². The van der Waals surface area contributed by atoms with Crippen molar-refractivity contribution in [2.75, 3.05) is 6.54 Å². The predicted molar refractivity (Wildman–Crippen MR) is 75.9 cm³/mol. The highest BCUT2D eigenvalue weighted by Gasteiger charge is 2.52. The summed E-state index contributed by atoms with van der Waals surface area (Å²) in [7, 11) is 0. The van der Waals surface area contributed by atoms with E-state index < -0.39 is 0 Å². The average Bonchev–Trinajstić information content (AvgIpc) is 2.70. The maximum Gasteiger partial charge on any atom is 0.0596 e. The molecule has 0 atom stereocenters. The van der Waals surface area contributed by atoms with Crippen molar-refractivity contribution >= 4 is 0 Å². The molecule has 19 heavy (non-hydrogen) atoms. The highest BCUT2D eigenvalue weighted by molar-refractivity contribution is 5.25. The highest BCUT2D eigenvalue weighted by atomic mass is 15.3. The molecule has 1 heterocycles. The molecule has 0 amide bonds. The van der Waals surface area contributed by atoms with Crippen molar-refractivity contribution in [2.45, 2.75) is 57.4 Å². The Balaban J connectivity index is 1.75. The second kappa shape index (κ2) is 4.08. The third-order valence-corrected chi connectivity index (χ3v) is 5.82. The monoisotopic (exact) mass is 259 g/mol. The van der Waals surface area contributed by atoms with E-state index in [1.807, 2.05) is 0 Å². The van der Waals surface area contributed by atoms with E-state index in [0.717, 1.165) is 24.3 Å². The molecular weight excluding hydrogens is 234 g/mol. The van der Waals surface area contributed by atoms with Crippen LogP contribution in [0.5, 0.6) is 0 Å². The Labute approximate surface area is 115 Å². The number of rotatable bonds is 3. The topological polar surface area (TPSA) is 43.8 Å². The summed E-state index contributed by atoms with van der Waals surface area (Å²) in [6.45, 7) is 3.70. The van der Waals surface area contributed by atoms with E-state index in [9.17, 15) is 0 Å². The molecule has 1 aromatic heterocycles. The van der Waals surface area contributed by atoms with Gasteiger partial charge in [0.25, 0.3) is 0 Å². The predicted octanol–water partition coefficient (Wildman–Crippen LogP) is 2.62. The molecule has 4 saturated carbocycles. The van der Waals surface area contributed by atoms with Crippen LogP contribution in [0.25, 0.3) is 0 Å². The zero-order valence-corrected chi connectivity index (χ0v) is 11.9. The maximum absolute atomic E-state index is 5.77. The Bertz CT molecular complexity index is 453. The number of hydrogen-bond acceptors (Lipinski definition) is 2. The fourth-order valence-corrected chi connectivity index (χ4v) is 5.69. The first kappa shape index (κ1) is 12.0. The second-order valence-corrected chi connectivity index (χ2v) is 7.38. The molecule has 0 radical (unpaired) electrons. The quantitative estimate of drug-likeness (QED) is 0.907. The molecule has 0 aromatic carbocycles. The van der Waals surface area contributed by atoms with Gasteiger partial charge in [0.2, 0.25) is 0 Å². The van der Waals surface area contributed by atoms with E-state index in [0.29, 0.717) is 12.0 Å². The molecule has 104 valence electrons. The van der Waals surface area contributed by atoms with E-state index in [1.165, 1.54) is 49.9 Å². The molecule has 4 fully saturated rings. The van der Waals surface area contributed by atoms with Gasteiger partial charge in [-0.2, -0.15) is 5.10 Å². The van der Waals surface area contributed by atoms with Crippen LogP contribution in [0.15, 0.2) is 6.07 Å². The molecule has 0 saturated heterocycles. The van der Waals surface area contributed by atoms with E-state index in [4.69, 9.17) is 10.8 Å². The van der Waals surface area contributed by atoms with Crippen molar-refractivity contribution in [3.8, 4) is 0 Å². The van der Waals surface area contributed by atoms with Crippen LogP contribution in [0.3, 0.4) is 0 Å². The van der Waals surface area contributed by atoms with Crippen LogP contribution < -0.4 is 5.73 Å². The van der Waals surface area contributed by atoms with Crippen molar-refractivity contribution < 1.29 is 0 Å². The number of aryl methyl sites for hydroxylation is 1. The highest BCUT2D eigenvalue weighted by Crippen LogP contribution is 2.60. The Morgan fingerprint density at radius 2 is 1.79 bits per heavy atom. The van der Waals surface area contributed by atoms with E-state index >= 15 is 0 Å². The lowest BCUT2D eigenvalue weighted by molar-refractivity contribution is -0.00928. The molecule has 0 spiro atoms. The van der Waals surface area contributed by atoms with Crippen molar-refractivity contribution in [3.05, 3.63) is 17.5 Å². The van der Waals surface area contributed by atoms with Gasteiger partial charge in [-0.1, -0.05) is 0 Å². The molecule has 0 unspecified atom stereocenters. The van der Waals surface area contributed by atoms with Crippen LogP contribution in [-0.4, -0.2) is 16.3 Å². The summed E-state index contributed by atoms with van der Waals surface area (Å²) in [5, 5.41) is 4.69. The fraction of sp³-hybridized carbons (Fsp3) is 0.812. The zero-order chi connectivity index (χ0) is 13.0. The van der Waals surface area contributed by atoms with Crippen molar-refractivity contribution in [2.24, 2.45) is 23.5 Å². The lowest BCUT2D eigenvalue weighted by Gasteiger charge is -2.56. The third-order valence-electron chi connectivity index (χ3n) is 5.82. The minimum Gasteiger partial charge on any atom is -0.329 e. The first-order chi connectivity index (χ1) is 9.18. The van der Waals surface area contributed by atoms with Gasteiger partial charge in [-0.15, -0.1) is 0 Å². The van der Waals surface area contributed by atoms with Gasteiger partial charge in [-0.05, 0) is 69.3 Å². The molecule has 5 rings (SSSR count). The molecule has 4 aliphatic rings. The number of nitrogens with zero attached hydrogens (tertiary/aromatic N) is 2. The van der Waals surface area contributed by atoms with Crippen LogP contribution in [0.1, 0.15) is 49.9 Å². The zero-order valence-electron chi connectivity index (χ0n) is 11.9. The van der Waals surface area contributed by atoms with E-state index in [-0.39, 0.29) is 0 Å². The SMILES string of the molecule is Cc1cc(C23CC4CC(CC(C4)C2)C3)n(CCN)n1. The summed E-state index contributed by atoms with van der Waals surface area (Å²) in [6.07, 6.45) is 8.74. The first-order valence-corrected chi connectivity index (χ1v) is 7.93. The summed E-state index contributed by atoms with van der Waals surface area (Å²) in [5.74, 6) is 2.98. The molecule has 3 nitrogen and oxygen atoms in total. The number of hydrogen-bond donors (Lipinski definition) is 1. The summed E-state index contributed by atoms with van der Waals surface area (Å²) in [4.78, 5) is 0. The first-order valence-electron chi connectivity index (χ1n) is 7.93. The summed E-state index contributed by atoms with van der Waals surface area (Å²) in [6, 6.07) is 2.35. The second-order valence-electron chi connectivity index (χ2n) is 7.38. The lowest BCUT2D eigenvalue weighted by Crippen LogP contribution is -2.49. The Morgan fingerprint density at radius 3 is 2.32 bits per heavy atom. The van der Waals surface area contributed by atoms with Crippen LogP contribution in [0.4, 0.5) is 0 Å². The van der Waals surface area contributed by atoms with E-state index in [2.05, 4.69) is 17.7 Å². The van der Waals surface area contributed by atoms with Crippen LogP contribution in [0, 0.1) is 24.7 Å². The Kier molecular flexibility index (Phi) is 2.57. The summed E-state index contributed by atoms with van der Waals surface area (Å²) < 4.78 is 2.22. The van der Waals surface area contributed by atoms with Gasteiger partial charge in [0.1, 0.15) is 0 Å². The normalized spacial score (nSPS) is 40.0. The minimum atomic E-state index is 0.450. The van der Waals surface area contributed by atoms with Gasteiger partial charge < -0.3 is 5.73 Å². The summed E-state index contributed by atoms with van der Waals surface area (Å²) >= 11 is 0. The largest absolute Gasteiger partial charge is 0.329 e. The Morgan fingerprint density at radius 1 is 1.21 bits per heavy atom. The molecule has 3 heteroatoms. The van der Waals surface area contributed by atoms with Gasteiger partial charge in [0.15, 0.2) is 0 Å². The van der Waals surface area contributed by atoms with Crippen molar-refractivity contribution in [1.82, 2.24) is 9.78 Å². The van der Waals surface area contributed by atoms with Gasteiger partial charge >= 0.3 is 0 Å². The van der Waals surface area contributed by atoms with Crippen molar-refractivity contribution in [1.29, 1.82) is 0 Å². The molecule has 0 aliphatic heterocycles. The number of nitrogens with two attached hydrogens (primary N) is 1. The van der Waals surface area contributed by atoms with Gasteiger partial charge in [-0.25, -0.2) is 0 Å². The minimum absolute atomic E-state index is 0.450. The smallest absolute Gasteiger partial charge is 0.0596 e.